The Morgan fingerprint density at radius 2 is 1.78 bits per heavy atom. The summed E-state index contributed by atoms with van der Waals surface area (Å²) >= 11 is 0. The fourth-order valence-corrected chi connectivity index (χ4v) is 5.20. The molecule has 6 rings (SSSR count). The van der Waals surface area contributed by atoms with Crippen LogP contribution in [-0.4, -0.2) is 89.4 Å². The first kappa shape index (κ1) is 26.6. The Balaban J connectivity index is 1.16. The second-order valence-electron chi connectivity index (χ2n) is 9.90. The third kappa shape index (κ3) is 5.42. The smallest absolute Gasteiger partial charge is 0.350 e. The van der Waals surface area contributed by atoms with Crippen molar-refractivity contribution in [3.8, 4) is 11.5 Å². The molecule has 12 nitrogen and oxygen atoms in total. The number of alkyl halides is 2. The Labute approximate surface area is 233 Å². The first-order valence-electron chi connectivity index (χ1n) is 13.2. The summed E-state index contributed by atoms with van der Waals surface area (Å²) in [7, 11) is 0. The maximum atomic E-state index is 13.4. The van der Waals surface area contributed by atoms with Gasteiger partial charge in [0.2, 0.25) is 11.8 Å². The summed E-state index contributed by atoms with van der Waals surface area (Å²) in [5, 5.41) is 11.3. The minimum atomic E-state index is -2.89. The van der Waals surface area contributed by atoms with Gasteiger partial charge in [-0.25, -0.2) is 4.98 Å². The first-order chi connectivity index (χ1) is 19.9. The minimum Gasteiger partial charge on any atom is -0.441 e. The topological polar surface area (TPSA) is 126 Å². The molecular weight excluding hydrogens is 536 g/mol. The molecule has 3 aromatic heterocycles. The quantitative estimate of drug-likeness (QED) is 0.348. The molecule has 0 spiro atoms. The molecule has 1 saturated heterocycles. The van der Waals surface area contributed by atoms with Crippen molar-refractivity contribution in [1.29, 1.82) is 0 Å². The van der Waals surface area contributed by atoms with Crippen LogP contribution < -0.4 is 0 Å². The first-order valence-corrected chi connectivity index (χ1v) is 13.2. The van der Waals surface area contributed by atoms with Gasteiger partial charge in [-0.2, -0.15) is 8.78 Å². The second-order valence-corrected chi connectivity index (χ2v) is 9.90. The predicted molar refractivity (Wildman–Crippen MR) is 139 cm³/mol. The minimum absolute atomic E-state index is 0.0112. The normalized spacial score (nSPS) is 16.6. The van der Waals surface area contributed by atoms with Crippen LogP contribution in [0.25, 0.3) is 11.5 Å². The van der Waals surface area contributed by atoms with E-state index in [4.69, 9.17) is 4.42 Å². The molecule has 1 atom stereocenters. The van der Waals surface area contributed by atoms with Crippen LogP contribution in [0.5, 0.6) is 0 Å². The molecule has 0 bridgehead atoms. The Kier molecular flexibility index (Phi) is 7.22. The number of hydrogen-bond donors (Lipinski definition) is 0. The van der Waals surface area contributed by atoms with Gasteiger partial charge in [0.25, 0.3) is 5.91 Å². The lowest BCUT2D eigenvalue weighted by molar-refractivity contribution is -0.129. The molecule has 2 aliphatic rings. The number of benzene rings is 1. The summed E-state index contributed by atoms with van der Waals surface area (Å²) in [6.45, 7) is 1.34. The number of piperazine rings is 1. The van der Waals surface area contributed by atoms with Gasteiger partial charge in [-0.15, -0.1) is 10.2 Å². The van der Waals surface area contributed by atoms with Crippen LogP contribution in [0.3, 0.4) is 0 Å². The van der Waals surface area contributed by atoms with Crippen molar-refractivity contribution in [2.24, 2.45) is 0 Å². The molecule has 0 N–H and O–H groups in total. The summed E-state index contributed by atoms with van der Waals surface area (Å²) < 4.78 is 32.2. The second kappa shape index (κ2) is 11.1. The molecule has 0 saturated carbocycles. The van der Waals surface area contributed by atoms with E-state index in [2.05, 4.69) is 30.3 Å². The number of nitrogens with zero attached hydrogens (tertiary/aromatic N) is 9. The Morgan fingerprint density at radius 3 is 2.49 bits per heavy atom. The molecule has 1 fully saturated rings. The number of oxazole rings is 1. The fraction of sp³-hybridized carbons (Fsp3) is 0.370. The van der Waals surface area contributed by atoms with Crippen molar-refractivity contribution >= 4 is 11.8 Å². The summed E-state index contributed by atoms with van der Waals surface area (Å²) in [5.41, 5.74) is 2.45. The van der Waals surface area contributed by atoms with Crippen LogP contribution in [0.2, 0.25) is 0 Å². The lowest BCUT2D eigenvalue weighted by Crippen LogP contribution is -2.50. The van der Waals surface area contributed by atoms with E-state index in [9.17, 15) is 18.4 Å². The highest BCUT2D eigenvalue weighted by atomic mass is 19.3. The molecular formula is C27H27F2N9O3. The Morgan fingerprint density at radius 1 is 1.00 bits per heavy atom. The van der Waals surface area contributed by atoms with E-state index < -0.39 is 12.6 Å². The summed E-state index contributed by atoms with van der Waals surface area (Å²) in [6, 6.07) is 12.3. The van der Waals surface area contributed by atoms with Gasteiger partial charge in [0, 0.05) is 57.8 Å². The van der Waals surface area contributed by atoms with Gasteiger partial charge >= 0.3 is 6.55 Å². The largest absolute Gasteiger partial charge is 0.441 e. The van der Waals surface area contributed by atoms with Crippen molar-refractivity contribution < 1.29 is 22.8 Å². The van der Waals surface area contributed by atoms with E-state index in [0.717, 1.165) is 17.0 Å². The zero-order valence-corrected chi connectivity index (χ0v) is 22.2. The van der Waals surface area contributed by atoms with Crippen molar-refractivity contribution in [1.82, 2.24) is 44.9 Å². The SMILES string of the molecule is CC(=O)N1CCc2oc(-c3ccnc(C(=O)N4CCN(C(c5ccccc5)c5nnn(C(F)F)n5)CC4)c3)nc2C1. The fourth-order valence-electron chi connectivity index (χ4n) is 5.20. The van der Waals surface area contributed by atoms with Crippen molar-refractivity contribution in [3.05, 3.63) is 77.2 Å². The highest BCUT2D eigenvalue weighted by Crippen LogP contribution is 2.29. The zero-order chi connectivity index (χ0) is 28.5. The Bertz CT molecular complexity index is 1550. The van der Waals surface area contributed by atoms with Crippen molar-refractivity contribution in [2.45, 2.75) is 32.5 Å². The number of carbonyl (C=O) groups excluding carboxylic acids is 2. The molecule has 0 radical (unpaired) electrons. The van der Waals surface area contributed by atoms with Crippen LogP contribution in [0, 0.1) is 0 Å². The number of fused-ring (bicyclic) bond motifs is 1. The molecule has 1 aromatic carbocycles. The van der Waals surface area contributed by atoms with E-state index in [1.807, 2.05) is 30.3 Å². The molecule has 4 aromatic rings. The van der Waals surface area contributed by atoms with E-state index in [1.54, 1.807) is 28.1 Å². The van der Waals surface area contributed by atoms with Crippen LogP contribution in [0.1, 0.15) is 52.8 Å². The van der Waals surface area contributed by atoms with Gasteiger partial charge in [-0.1, -0.05) is 35.1 Å². The van der Waals surface area contributed by atoms with Gasteiger partial charge in [-0.05, 0) is 22.9 Å². The maximum absolute atomic E-state index is 13.4. The maximum Gasteiger partial charge on any atom is 0.350 e. The number of halogens is 2. The molecule has 2 aliphatic heterocycles. The highest BCUT2D eigenvalue weighted by molar-refractivity contribution is 5.93. The van der Waals surface area contributed by atoms with E-state index in [1.165, 1.54) is 6.92 Å². The predicted octanol–water partition coefficient (Wildman–Crippen LogP) is 2.57. The summed E-state index contributed by atoms with van der Waals surface area (Å²) in [4.78, 5) is 39.8. The van der Waals surface area contributed by atoms with Crippen LogP contribution in [-0.2, 0) is 17.8 Å². The number of aromatic nitrogens is 6. The monoisotopic (exact) mass is 563 g/mol. The number of tetrazole rings is 1. The van der Waals surface area contributed by atoms with Crippen LogP contribution in [0.4, 0.5) is 8.78 Å². The number of hydrogen-bond acceptors (Lipinski definition) is 9. The number of pyridine rings is 1. The van der Waals surface area contributed by atoms with Gasteiger partial charge < -0.3 is 14.2 Å². The lowest BCUT2D eigenvalue weighted by atomic mass is 10.0. The van der Waals surface area contributed by atoms with Gasteiger partial charge in [-0.3, -0.25) is 19.5 Å². The summed E-state index contributed by atoms with van der Waals surface area (Å²) in [6.07, 6.45) is 2.13. The van der Waals surface area contributed by atoms with Crippen LogP contribution >= 0.6 is 0 Å². The average Bonchev–Trinajstić information content (AvgIpc) is 3.66. The number of amides is 2. The number of carbonyl (C=O) groups is 2. The molecule has 0 aliphatic carbocycles. The molecule has 2 amide bonds. The molecule has 41 heavy (non-hydrogen) atoms. The summed E-state index contributed by atoms with van der Waals surface area (Å²) in [5.74, 6) is 1.06. The standard InChI is InChI=1S/C27H27F2N9O3/c1-17(39)37-10-8-22-21(16-37)31-25(41-22)19-7-9-30-20(15-19)26(40)36-13-11-35(12-14-36)23(18-5-3-2-4-6-18)24-32-34-38(33-24)27(28)29/h2-7,9,15,23,27H,8,10-14,16H2,1H3. The molecule has 212 valence electrons. The Hall–Kier alpha value is -4.59. The van der Waals surface area contributed by atoms with Gasteiger partial charge in [0.15, 0.2) is 5.82 Å². The third-order valence-corrected chi connectivity index (χ3v) is 7.34. The molecule has 1 unspecified atom stereocenters. The van der Waals surface area contributed by atoms with E-state index >= 15 is 0 Å². The van der Waals surface area contributed by atoms with Crippen molar-refractivity contribution in [3.63, 3.8) is 0 Å². The highest BCUT2D eigenvalue weighted by Gasteiger charge is 2.32. The third-order valence-electron chi connectivity index (χ3n) is 7.34. The molecule has 14 heteroatoms. The lowest BCUT2D eigenvalue weighted by Gasteiger charge is -2.38. The van der Waals surface area contributed by atoms with Gasteiger partial charge in [0.1, 0.15) is 17.1 Å². The molecule has 5 heterocycles. The van der Waals surface area contributed by atoms with E-state index in [0.29, 0.717) is 61.9 Å². The average molecular weight is 564 g/mol. The van der Waals surface area contributed by atoms with Crippen molar-refractivity contribution in [2.75, 3.05) is 32.7 Å². The van der Waals surface area contributed by atoms with E-state index in [-0.39, 0.29) is 23.3 Å². The zero-order valence-electron chi connectivity index (χ0n) is 22.2. The van der Waals surface area contributed by atoms with Gasteiger partial charge in [0.05, 0.1) is 12.6 Å². The van der Waals surface area contributed by atoms with Crippen LogP contribution in [0.15, 0.2) is 53.1 Å². The number of rotatable bonds is 6.